The number of halogens is 1. The topological polar surface area (TPSA) is 92.7 Å². The molecule has 9 heteroatoms. The highest BCUT2D eigenvalue weighted by Gasteiger charge is 2.16. The number of aliphatic carboxylic acids is 1. The summed E-state index contributed by atoms with van der Waals surface area (Å²) in [6, 6.07) is 6.16. The van der Waals surface area contributed by atoms with E-state index in [2.05, 4.69) is 9.46 Å². The minimum absolute atomic E-state index is 0.110. The van der Waals surface area contributed by atoms with E-state index in [-0.39, 0.29) is 5.75 Å². The molecule has 0 saturated heterocycles. The molecule has 0 aromatic heterocycles. The van der Waals surface area contributed by atoms with Crippen molar-refractivity contribution in [1.29, 1.82) is 0 Å². The van der Waals surface area contributed by atoms with E-state index in [0.29, 0.717) is 12.3 Å². The molecule has 1 aromatic carbocycles. The molecule has 112 valence electrons. The van der Waals surface area contributed by atoms with Crippen LogP contribution in [0.4, 0.5) is 4.39 Å². The number of hydrogen-bond donors (Lipinski definition) is 2. The van der Waals surface area contributed by atoms with Crippen LogP contribution in [0.25, 0.3) is 0 Å². The molecule has 0 aliphatic heterocycles. The Labute approximate surface area is 120 Å². The first-order chi connectivity index (χ1) is 9.28. The van der Waals surface area contributed by atoms with Gasteiger partial charge < -0.3 is 9.84 Å². The Morgan fingerprint density at radius 1 is 1.45 bits per heavy atom. The summed E-state index contributed by atoms with van der Waals surface area (Å²) in [5.74, 6) is -1.04. The van der Waals surface area contributed by atoms with Crippen LogP contribution in [-0.2, 0) is 14.8 Å². The third kappa shape index (κ3) is 6.73. The van der Waals surface area contributed by atoms with Crippen molar-refractivity contribution in [3.05, 3.63) is 24.3 Å². The van der Waals surface area contributed by atoms with Gasteiger partial charge in [-0.05, 0) is 24.3 Å². The Kier molecular flexibility index (Phi) is 6.24. The van der Waals surface area contributed by atoms with Crippen LogP contribution < -0.4 is 9.46 Å². The summed E-state index contributed by atoms with van der Waals surface area (Å²) >= 11 is 1.40. The quantitative estimate of drug-likeness (QED) is 0.549. The number of carboxylic acids is 1. The summed E-state index contributed by atoms with van der Waals surface area (Å²) in [6.45, 7) is 0.299. The van der Waals surface area contributed by atoms with Crippen LogP contribution in [0.5, 0.6) is 5.75 Å². The summed E-state index contributed by atoms with van der Waals surface area (Å²) in [7, 11) is -3.19. The molecule has 1 atom stereocenters. The van der Waals surface area contributed by atoms with Crippen LogP contribution in [0.3, 0.4) is 0 Å². The van der Waals surface area contributed by atoms with Gasteiger partial charge in [0.05, 0.1) is 6.26 Å². The highest BCUT2D eigenvalue weighted by molar-refractivity contribution is 7.99. The minimum atomic E-state index is -3.19. The molecule has 0 spiro atoms. The monoisotopic (exact) mass is 323 g/mol. The smallest absolute Gasteiger partial charge is 0.378 e. The standard InChI is InChI=1S/C11H14FNO5S2/c1-20(16,17)13-6-7-19-9-4-2-8(3-5-9)18-10(12)11(14)15/h2-5,10,13H,6-7H2,1H3,(H,14,15). The Morgan fingerprint density at radius 2 is 2.05 bits per heavy atom. The maximum Gasteiger partial charge on any atom is 0.378 e. The molecule has 1 rings (SSSR count). The summed E-state index contributed by atoms with van der Waals surface area (Å²) in [6.07, 6.45) is -1.31. The van der Waals surface area contributed by atoms with Crippen LogP contribution in [0, 0.1) is 0 Å². The third-order valence-electron chi connectivity index (χ3n) is 1.99. The molecule has 2 N–H and O–H groups in total. The van der Waals surface area contributed by atoms with Gasteiger partial charge in [-0.1, -0.05) is 0 Å². The van der Waals surface area contributed by atoms with Gasteiger partial charge in [0, 0.05) is 17.2 Å². The van der Waals surface area contributed by atoms with E-state index in [1.807, 2.05) is 0 Å². The molecule has 0 aliphatic rings. The average Bonchev–Trinajstić information content (AvgIpc) is 2.35. The van der Waals surface area contributed by atoms with Crippen molar-refractivity contribution in [2.45, 2.75) is 11.3 Å². The fraction of sp³-hybridized carbons (Fsp3) is 0.364. The van der Waals surface area contributed by atoms with Gasteiger partial charge in [-0.3, -0.25) is 0 Å². The molecule has 0 fully saturated rings. The number of carbonyl (C=O) groups is 1. The van der Waals surface area contributed by atoms with Crippen LogP contribution in [0.2, 0.25) is 0 Å². The van der Waals surface area contributed by atoms with Gasteiger partial charge in [-0.25, -0.2) is 17.9 Å². The van der Waals surface area contributed by atoms with E-state index in [1.165, 1.54) is 23.9 Å². The molecule has 1 aromatic rings. The highest BCUT2D eigenvalue weighted by Crippen LogP contribution is 2.21. The average molecular weight is 323 g/mol. The second-order valence-corrected chi connectivity index (χ2v) is 6.76. The second-order valence-electron chi connectivity index (χ2n) is 3.76. The molecular formula is C11H14FNO5S2. The number of carboxylic acid groups (broad SMARTS) is 1. The first-order valence-corrected chi connectivity index (χ1v) is 8.36. The lowest BCUT2D eigenvalue weighted by Crippen LogP contribution is -2.24. The molecule has 0 radical (unpaired) electrons. The van der Waals surface area contributed by atoms with Crippen LogP contribution in [0.15, 0.2) is 29.2 Å². The van der Waals surface area contributed by atoms with Crippen LogP contribution in [0.1, 0.15) is 0 Å². The van der Waals surface area contributed by atoms with Gasteiger partial charge in [0.2, 0.25) is 10.0 Å². The summed E-state index contributed by atoms with van der Waals surface area (Å²) < 4.78 is 41.3. The Balaban J connectivity index is 2.41. The van der Waals surface area contributed by atoms with Gasteiger partial charge in [0.25, 0.3) is 0 Å². The lowest BCUT2D eigenvalue weighted by molar-refractivity contribution is -0.153. The zero-order valence-corrected chi connectivity index (χ0v) is 12.2. The maximum absolute atomic E-state index is 12.8. The van der Waals surface area contributed by atoms with Crippen molar-refractivity contribution in [2.75, 3.05) is 18.6 Å². The molecular weight excluding hydrogens is 309 g/mol. The van der Waals surface area contributed by atoms with Gasteiger partial charge >= 0.3 is 12.3 Å². The zero-order chi connectivity index (χ0) is 15.2. The van der Waals surface area contributed by atoms with E-state index in [4.69, 9.17) is 5.11 Å². The number of sulfonamides is 1. The molecule has 0 heterocycles. The first-order valence-electron chi connectivity index (χ1n) is 5.49. The molecule has 0 bridgehead atoms. The molecule has 0 saturated carbocycles. The van der Waals surface area contributed by atoms with Crippen LogP contribution >= 0.6 is 11.8 Å². The fourth-order valence-electron chi connectivity index (χ4n) is 1.18. The number of ether oxygens (including phenoxy) is 1. The summed E-state index contributed by atoms with van der Waals surface area (Å²) in [4.78, 5) is 11.1. The van der Waals surface area contributed by atoms with Gasteiger partial charge in [0.15, 0.2) is 0 Å². The number of rotatable bonds is 8. The van der Waals surface area contributed by atoms with Crippen molar-refractivity contribution >= 4 is 27.8 Å². The van der Waals surface area contributed by atoms with E-state index in [1.54, 1.807) is 12.1 Å². The minimum Gasteiger partial charge on any atom is -0.476 e. The van der Waals surface area contributed by atoms with Gasteiger partial charge in [0.1, 0.15) is 5.75 Å². The van der Waals surface area contributed by atoms with Crippen molar-refractivity contribution < 1.29 is 27.4 Å². The summed E-state index contributed by atoms with van der Waals surface area (Å²) in [5, 5.41) is 8.35. The van der Waals surface area contributed by atoms with Gasteiger partial charge in [-0.15, -0.1) is 11.8 Å². The number of alkyl halides is 1. The SMILES string of the molecule is CS(=O)(=O)NCCSc1ccc(OC(F)C(=O)O)cc1. The largest absolute Gasteiger partial charge is 0.476 e. The second kappa shape index (κ2) is 7.46. The Hall–Kier alpha value is -1.32. The van der Waals surface area contributed by atoms with Gasteiger partial charge in [-0.2, -0.15) is 4.39 Å². The van der Waals surface area contributed by atoms with E-state index in [9.17, 15) is 17.6 Å². The molecule has 0 amide bonds. The number of nitrogens with one attached hydrogen (secondary N) is 1. The lowest BCUT2D eigenvalue weighted by Gasteiger charge is -2.08. The molecule has 20 heavy (non-hydrogen) atoms. The van der Waals surface area contributed by atoms with Crippen molar-refractivity contribution in [3.63, 3.8) is 0 Å². The summed E-state index contributed by atoms with van der Waals surface area (Å²) in [5.41, 5.74) is 0. The predicted octanol–water partition coefficient (Wildman–Crippen LogP) is 1.09. The fourth-order valence-corrected chi connectivity index (χ4v) is 2.55. The number of benzene rings is 1. The van der Waals surface area contributed by atoms with E-state index >= 15 is 0 Å². The number of hydrogen-bond acceptors (Lipinski definition) is 5. The van der Waals surface area contributed by atoms with E-state index in [0.717, 1.165) is 11.2 Å². The van der Waals surface area contributed by atoms with Crippen molar-refractivity contribution in [2.24, 2.45) is 0 Å². The Morgan fingerprint density at radius 3 is 2.55 bits per heavy atom. The normalized spacial score (nSPS) is 12.9. The molecule has 6 nitrogen and oxygen atoms in total. The molecule has 1 unspecified atom stereocenters. The predicted molar refractivity (Wildman–Crippen MR) is 73.2 cm³/mol. The van der Waals surface area contributed by atoms with Crippen molar-refractivity contribution in [1.82, 2.24) is 4.72 Å². The lowest BCUT2D eigenvalue weighted by atomic mass is 10.3. The number of thioether (sulfide) groups is 1. The van der Waals surface area contributed by atoms with E-state index < -0.39 is 22.4 Å². The van der Waals surface area contributed by atoms with Crippen LogP contribution in [-0.4, -0.2) is 44.4 Å². The molecule has 0 aliphatic carbocycles. The zero-order valence-electron chi connectivity index (χ0n) is 10.6. The maximum atomic E-state index is 12.8. The highest BCUT2D eigenvalue weighted by atomic mass is 32.2. The first kappa shape index (κ1) is 16.7. The Bertz CT molecular complexity index is 546. The van der Waals surface area contributed by atoms with Crippen molar-refractivity contribution in [3.8, 4) is 5.75 Å². The third-order valence-corrected chi connectivity index (χ3v) is 3.73.